The zero-order valence-corrected chi connectivity index (χ0v) is 15.1. The zero-order chi connectivity index (χ0) is 18.2. The van der Waals surface area contributed by atoms with Gasteiger partial charge in [-0.3, -0.25) is 9.52 Å². The van der Waals surface area contributed by atoms with Gasteiger partial charge in [-0.25, -0.2) is 8.42 Å². The molecule has 1 aliphatic rings. The van der Waals surface area contributed by atoms with E-state index in [0.29, 0.717) is 16.8 Å². The Kier molecular flexibility index (Phi) is 4.16. The number of rotatable bonds is 3. The number of sulfonamides is 1. The summed E-state index contributed by atoms with van der Waals surface area (Å²) in [4.78, 5) is 13.1. The Bertz CT molecular complexity index is 956. The number of fused-ring (bicyclic) bond motifs is 1. The van der Waals surface area contributed by atoms with Crippen molar-refractivity contribution in [3.05, 3.63) is 71.4 Å². The van der Waals surface area contributed by atoms with Gasteiger partial charge >= 0.3 is 0 Å². The number of carbonyl (C=O) groups is 1. The molecule has 5 nitrogen and oxygen atoms in total. The maximum Gasteiger partial charge on any atom is 0.262 e. The predicted octanol–water partition coefficient (Wildman–Crippen LogP) is 2.92. The van der Waals surface area contributed by atoms with Gasteiger partial charge in [-0.1, -0.05) is 48.5 Å². The van der Waals surface area contributed by atoms with Gasteiger partial charge < -0.3 is 5.32 Å². The summed E-state index contributed by atoms with van der Waals surface area (Å²) in [6.07, 6.45) is 0. The number of hydrogen-bond donors (Lipinski definition) is 2. The van der Waals surface area contributed by atoms with Gasteiger partial charge in [0.2, 0.25) is 5.78 Å². The van der Waals surface area contributed by atoms with Crippen molar-refractivity contribution < 1.29 is 13.2 Å². The third-order valence-corrected chi connectivity index (χ3v) is 5.10. The SMILES string of the molecule is CC(C)(C)NC1=C(C(=O)c2ccccc2)NS(=O)(=O)c2ccccc21. The molecule has 1 heterocycles. The van der Waals surface area contributed by atoms with Crippen LogP contribution in [-0.4, -0.2) is 19.7 Å². The van der Waals surface area contributed by atoms with Crippen LogP contribution in [0.5, 0.6) is 0 Å². The molecule has 0 aliphatic carbocycles. The smallest absolute Gasteiger partial charge is 0.262 e. The maximum atomic E-state index is 13.0. The Morgan fingerprint density at radius 2 is 1.56 bits per heavy atom. The van der Waals surface area contributed by atoms with Gasteiger partial charge in [-0.15, -0.1) is 0 Å². The Balaban J connectivity index is 2.25. The lowest BCUT2D eigenvalue weighted by Crippen LogP contribution is -2.41. The second kappa shape index (κ2) is 6.04. The van der Waals surface area contributed by atoms with Crippen LogP contribution in [0.4, 0.5) is 0 Å². The first-order chi connectivity index (χ1) is 11.7. The van der Waals surface area contributed by atoms with E-state index in [0.717, 1.165) is 0 Å². The lowest BCUT2D eigenvalue weighted by Gasteiger charge is -2.30. The van der Waals surface area contributed by atoms with Crippen LogP contribution in [0.25, 0.3) is 5.70 Å². The van der Waals surface area contributed by atoms with E-state index >= 15 is 0 Å². The van der Waals surface area contributed by atoms with E-state index < -0.39 is 10.0 Å². The second-order valence-electron chi connectivity index (χ2n) is 6.92. The molecule has 6 heteroatoms. The molecule has 2 N–H and O–H groups in total. The molecule has 1 aliphatic heterocycles. The lowest BCUT2D eigenvalue weighted by atomic mass is 10.0. The molecule has 3 rings (SSSR count). The van der Waals surface area contributed by atoms with E-state index in [1.54, 1.807) is 48.5 Å². The van der Waals surface area contributed by atoms with Crippen LogP contribution in [0.2, 0.25) is 0 Å². The summed E-state index contributed by atoms with van der Waals surface area (Å²) < 4.78 is 27.7. The molecule has 0 atom stereocenters. The van der Waals surface area contributed by atoms with Crippen LogP contribution >= 0.6 is 0 Å². The minimum Gasteiger partial charge on any atom is -0.378 e. The molecule has 0 saturated heterocycles. The molecule has 0 radical (unpaired) electrons. The number of Topliss-reactive ketones (excluding diaryl/α,β-unsaturated/α-hetero) is 1. The second-order valence-corrected chi connectivity index (χ2v) is 8.57. The van der Waals surface area contributed by atoms with E-state index in [9.17, 15) is 13.2 Å². The monoisotopic (exact) mass is 356 g/mol. The van der Waals surface area contributed by atoms with Gasteiger partial charge in [0.1, 0.15) is 5.70 Å². The van der Waals surface area contributed by atoms with Crippen molar-refractivity contribution >= 4 is 21.5 Å². The van der Waals surface area contributed by atoms with Crippen molar-refractivity contribution in [2.75, 3.05) is 0 Å². The number of allylic oxidation sites excluding steroid dienone is 1. The molecule has 25 heavy (non-hydrogen) atoms. The number of nitrogens with one attached hydrogen (secondary N) is 2. The molecule has 0 bridgehead atoms. The third kappa shape index (κ3) is 3.44. The summed E-state index contributed by atoms with van der Waals surface area (Å²) >= 11 is 0. The Labute approximate surface area is 147 Å². The highest BCUT2D eigenvalue weighted by Gasteiger charge is 2.34. The molecule has 0 saturated carbocycles. The number of hydrogen-bond acceptors (Lipinski definition) is 4. The van der Waals surface area contributed by atoms with E-state index in [2.05, 4.69) is 10.0 Å². The average Bonchev–Trinajstić information content (AvgIpc) is 2.56. The first-order valence-corrected chi connectivity index (χ1v) is 9.42. The maximum absolute atomic E-state index is 13.0. The predicted molar refractivity (Wildman–Crippen MR) is 97.3 cm³/mol. The van der Waals surface area contributed by atoms with Crippen molar-refractivity contribution in [3.8, 4) is 0 Å². The van der Waals surface area contributed by atoms with Crippen LogP contribution in [0.3, 0.4) is 0 Å². The van der Waals surface area contributed by atoms with E-state index in [1.807, 2.05) is 20.8 Å². The number of carbonyl (C=O) groups excluding carboxylic acids is 1. The van der Waals surface area contributed by atoms with Gasteiger partial charge in [0.05, 0.1) is 10.6 Å². The standard InChI is InChI=1S/C19H20N2O3S/c1-19(2,3)20-16-14-11-7-8-12-15(14)25(23,24)21-17(16)18(22)13-9-5-4-6-10-13/h4-12,20-21H,1-3H3. The summed E-state index contributed by atoms with van der Waals surface area (Å²) in [5, 5.41) is 3.28. The van der Waals surface area contributed by atoms with Crippen molar-refractivity contribution in [3.63, 3.8) is 0 Å². The molecule has 0 unspecified atom stereocenters. The zero-order valence-electron chi connectivity index (χ0n) is 14.3. The van der Waals surface area contributed by atoms with Crippen LogP contribution in [0, 0.1) is 0 Å². The van der Waals surface area contributed by atoms with E-state index in [1.165, 1.54) is 6.07 Å². The molecule has 0 fully saturated rings. The van der Waals surface area contributed by atoms with Crippen molar-refractivity contribution in [2.45, 2.75) is 31.2 Å². The van der Waals surface area contributed by atoms with Crippen LogP contribution in [-0.2, 0) is 10.0 Å². The normalized spacial score (nSPS) is 16.0. The molecule has 2 aromatic rings. The van der Waals surface area contributed by atoms with Crippen LogP contribution < -0.4 is 10.0 Å². The molecular formula is C19H20N2O3S. The number of ketones is 1. The fourth-order valence-electron chi connectivity index (χ4n) is 2.68. The summed E-state index contributed by atoms with van der Waals surface area (Å²) in [7, 11) is -3.80. The summed E-state index contributed by atoms with van der Waals surface area (Å²) in [5.41, 5.74) is 1.10. The van der Waals surface area contributed by atoms with Gasteiger partial charge in [0.25, 0.3) is 10.0 Å². The lowest BCUT2D eigenvalue weighted by molar-refractivity contribution is 0.103. The molecule has 0 aromatic heterocycles. The van der Waals surface area contributed by atoms with Gasteiger partial charge in [-0.2, -0.15) is 0 Å². The summed E-state index contributed by atoms with van der Waals surface area (Å²) in [6.45, 7) is 5.86. The highest BCUT2D eigenvalue weighted by Crippen LogP contribution is 2.31. The Morgan fingerprint density at radius 3 is 2.20 bits per heavy atom. The number of benzene rings is 2. The van der Waals surface area contributed by atoms with Crippen LogP contribution in [0.1, 0.15) is 36.7 Å². The molecule has 2 aromatic carbocycles. The van der Waals surface area contributed by atoms with Crippen molar-refractivity contribution in [2.24, 2.45) is 0 Å². The van der Waals surface area contributed by atoms with Gasteiger partial charge in [0, 0.05) is 16.7 Å². The quantitative estimate of drug-likeness (QED) is 0.829. The summed E-state index contributed by atoms with van der Waals surface area (Å²) in [5.74, 6) is -0.370. The fraction of sp³-hybridized carbons (Fsp3) is 0.211. The van der Waals surface area contributed by atoms with Crippen molar-refractivity contribution in [1.29, 1.82) is 0 Å². The average molecular weight is 356 g/mol. The molecule has 130 valence electrons. The van der Waals surface area contributed by atoms with Gasteiger partial charge in [0.15, 0.2) is 0 Å². The van der Waals surface area contributed by atoms with E-state index in [4.69, 9.17) is 0 Å². The van der Waals surface area contributed by atoms with Crippen molar-refractivity contribution in [1.82, 2.24) is 10.0 Å². The highest BCUT2D eigenvalue weighted by molar-refractivity contribution is 7.89. The molecule has 0 amide bonds. The summed E-state index contributed by atoms with van der Waals surface area (Å²) in [6, 6.07) is 15.3. The Morgan fingerprint density at radius 1 is 0.960 bits per heavy atom. The highest BCUT2D eigenvalue weighted by atomic mass is 32.2. The minimum absolute atomic E-state index is 0.0415. The first-order valence-electron chi connectivity index (χ1n) is 7.93. The van der Waals surface area contributed by atoms with Gasteiger partial charge in [-0.05, 0) is 26.8 Å². The minimum atomic E-state index is -3.80. The first kappa shape index (κ1) is 17.2. The topological polar surface area (TPSA) is 75.3 Å². The largest absolute Gasteiger partial charge is 0.378 e. The third-order valence-electron chi connectivity index (χ3n) is 3.70. The fourth-order valence-corrected chi connectivity index (χ4v) is 3.97. The molecular weight excluding hydrogens is 336 g/mol. The van der Waals surface area contributed by atoms with Crippen LogP contribution in [0.15, 0.2) is 65.2 Å². The van der Waals surface area contributed by atoms with E-state index in [-0.39, 0.29) is 21.9 Å². The Hall–Kier alpha value is -2.60. The molecule has 0 spiro atoms.